The van der Waals surface area contributed by atoms with Gasteiger partial charge < -0.3 is 9.47 Å². The number of pyridine rings is 1. The van der Waals surface area contributed by atoms with Crippen molar-refractivity contribution in [1.29, 1.82) is 0 Å². The molecule has 0 amide bonds. The van der Waals surface area contributed by atoms with E-state index >= 15 is 0 Å². The summed E-state index contributed by atoms with van der Waals surface area (Å²) in [7, 11) is 1.61. The van der Waals surface area contributed by atoms with Gasteiger partial charge in [0.1, 0.15) is 5.75 Å². The first-order valence-electron chi connectivity index (χ1n) is 6.13. The maximum Gasteiger partial charge on any atom is 0.313 e. The van der Waals surface area contributed by atoms with Gasteiger partial charge in [0.05, 0.1) is 13.5 Å². The van der Waals surface area contributed by atoms with Gasteiger partial charge in [0, 0.05) is 17.5 Å². The molecule has 1 aromatic heterocycles. The summed E-state index contributed by atoms with van der Waals surface area (Å²) in [6, 6.07) is 12.6. The van der Waals surface area contributed by atoms with E-state index in [-0.39, 0.29) is 17.6 Å². The molecule has 0 N–H and O–H groups in total. The third kappa shape index (κ3) is 3.99. The molecule has 2 rings (SSSR count). The van der Waals surface area contributed by atoms with Crippen LogP contribution in [0.15, 0.2) is 48.7 Å². The summed E-state index contributed by atoms with van der Waals surface area (Å²) in [6.45, 7) is 0. The van der Waals surface area contributed by atoms with Crippen molar-refractivity contribution < 1.29 is 14.3 Å². The molecule has 0 aliphatic heterocycles. The Morgan fingerprint density at radius 1 is 1.25 bits per heavy atom. The number of carbonyl (C=O) groups excluding carboxylic acids is 1. The Morgan fingerprint density at radius 2 is 2.00 bits per heavy atom. The number of esters is 1. The molecule has 0 aliphatic rings. The van der Waals surface area contributed by atoms with E-state index in [0.717, 1.165) is 11.3 Å². The SMILES string of the molecule is COc1ccc(C(S)CC(=O)Oc2ccccn2)cc1. The lowest BCUT2D eigenvalue weighted by molar-refractivity contribution is -0.134. The molecular formula is C15H15NO3S. The van der Waals surface area contributed by atoms with Gasteiger partial charge in [-0.3, -0.25) is 4.79 Å². The number of methoxy groups -OCH3 is 1. The summed E-state index contributed by atoms with van der Waals surface area (Å²) in [5, 5.41) is -0.225. The molecule has 0 saturated carbocycles. The normalized spacial score (nSPS) is 11.7. The van der Waals surface area contributed by atoms with Gasteiger partial charge in [0.2, 0.25) is 5.88 Å². The van der Waals surface area contributed by atoms with E-state index in [2.05, 4.69) is 17.6 Å². The highest BCUT2D eigenvalue weighted by Crippen LogP contribution is 2.26. The summed E-state index contributed by atoms with van der Waals surface area (Å²) in [5.74, 6) is 0.706. The quantitative estimate of drug-likeness (QED) is 0.679. The lowest BCUT2D eigenvalue weighted by Crippen LogP contribution is -2.11. The number of hydrogen-bond donors (Lipinski definition) is 1. The molecule has 20 heavy (non-hydrogen) atoms. The molecule has 0 bridgehead atoms. The average Bonchev–Trinajstić information content (AvgIpc) is 2.48. The van der Waals surface area contributed by atoms with E-state index < -0.39 is 0 Å². The summed E-state index contributed by atoms with van der Waals surface area (Å²) >= 11 is 4.43. The topological polar surface area (TPSA) is 48.4 Å². The molecular weight excluding hydrogens is 274 g/mol. The number of nitrogens with zero attached hydrogens (tertiary/aromatic N) is 1. The van der Waals surface area contributed by atoms with Crippen LogP contribution in [0.1, 0.15) is 17.2 Å². The molecule has 0 aliphatic carbocycles. The van der Waals surface area contributed by atoms with Crippen LogP contribution in [0.2, 0.25) is 0 Å². The maximum atomic E-state index is 11.8. The highest BCUT2D eigenvalue weighted by Gasteiger charge is 2.14. The predicted octanol–water partition coefficient (Wildman–Crippen LogP) is 3.06. The largest absolute Gasteiger partial charge is 0.497 e. The third-order valence-electron chi connectivity index (χ3n) is 2.72. The number of aromatic nitrogens is 1. The van der Waals surface area contributed by atoms with Crippen LogP contribution >= 0.6 is 12.6 Å². The fourth-order valence-electron chi connectivity index (χ4n) is 1.67. The van der Waals surface area contributed by atoms with Crippen molar-refractivity contribution in [3.8, 4) is 11.6 Å². The zero-order valence-corrected chi connectivity index (χ0v) is 11.9. The molecule has 0 fully saturated rings. The van der Waals surface area contributed by atoms with Crippen LogP contribution in [0.5, 0.6) is 11.6 Å². The van der Waals surface area contributed by atoms with E-state index in [1.807, 2.05) is 24.3 Å². The van der Waals surface area contributed by atoms with Crippen molar-refractivity contribution in [2.24, 2.45) is 0 Å². The first kappa shape index (κ1) is 14.4. The maximum absolute atomic E-state index is 11.8. The number of hydrogen-bond acceptors (Lipinski definition) is 5. The molecule has 1 unspecified atom stereocenters. The van der Waals surface area contributed by atoms with Gasteiger partial charge in [-0.05, 0) is 23.8 Å². The van der Waals surface area contributed by atoms with Crippen LogP contribution in [-0.4, -0.2) is 18.1 Å². The van der Waals surface area contributed by atoms with Crippen molar-refractivity contribution in [1.82, 2.24) is 4.98 Å². The molecule has 5 heteroatoms. The van der Waals surface area contributed by atoms with Gasteiger partial charge in [-0.1, -0.05) is 18.2 Å². The second-order valence-electron chi connectivity index (χ2n) is 4.14. The summed E-state index contributed by atoms with van der Waals surface area (Å²) in [5.41, 5.74) is 0.937. The highest BCUT2D eigenvalue weighted by atomic mass is 32.1. The average molecular weight is 289 g/mol. The van der Waals surface area contributed by atoms with Gasteiger partial charge in [-0.25, -0.2) is 4.98 Å². The Labute approximate surface area is 123 Å². The van der Waals surface area contributed by atoms with Crippen LogP contribution in [0.25, 0.3) is 0 Å². The van der Waals surface area contributed by atoms with Gasteiger partial charge in [0.15, 0.2) is 0 Å². The van der Waals surface area contributed by atoms with E-state index in [0.29, 0.717) is 5.88 Å². The molecule has 104 valence electrons. The van der Waals surface area contributed by atoms with Crippen molar-refractivity contribution in [2.75, 3.05) is 7.11 Å². The first-order valence-corrected chi connectivity index (χ1v) is 6.64. The molecule has 0 radical (unpaired) electrons. The van der Waals surface area contributed by atoms with Crippen molar-refractivity contribution in [2.45, 2.75) is 11.7 Å². The number of ether oxygens (including phenoxy) is 2. The van der Waals surface area contributed by atoms with Crippen LogP contribution < -0.4 is 9.47 Å². The van der Waals surface area contributed by atoms with Gasteiger partial charge >= 0.3 is 5.97 Å². The van der Waals surface area contributed by atoms with Crippen molar-refractivity contribution in [3.05, 3.63) is 54.2 Å². The van der Waals surface area contributed by atoms with Crippen LogP contribution in [0.3, 0.4) is 0 Å². The smallest absolute Gasteiger partial charge is 0.313 e. The van der Waals surface area contributed by atoms with Gasteiger partial charge in [-0.15, -0.1) is 0 Å². The second kappa shape index (κ2) is 6.96. The monoisotopic (exact) mass is 289 g/mol. The fraction of sp³-hybridized carbons (Fsp3) is 0.200. The lowest BCUT2D eigenvalue weighted by Gasteiger charge is -2.11. The molecule has 0 saturated heterocycles. The second-order valence-corrected chi connectivity index (χ2v) is 4.76. The Morgan fingerprint density at radius 3 is 2.60 bits per heavy atom. The van der Waals surface area contributed by atoms with E-state index in [1.165, 1.54) is 0 Å². The molecule has 1 heterocycles. The Balaban J connectivity index is 1.93. The van der Waals surface area contributed by atoms with Crippen molar-refractivity contribution in [3.63, 3.8) is 0 Å². The number of rotatable bonds is 5. The Bertz CT molecular complexity index is 557. The van der Waals surface area contributed by atoms with E-state index in [1.54, 1.807) is 31.5 Å². The van der Waals surface area contributed by atoms with Crippen LogP contribution in [0.4, 0.5) is 0 Å². The lowest BCUT2D eigenvalue weighted by atomic mass is 10.1. The molecule has 1 atom stereocenters. The molecule has 4 nitrogen and oxygen atoms in total. The van der Waals surface area contributed by atoms with Crippen LogP contribution in [0, 0.1) is 0 Å². The number of carbonyl (C=O) groups is 1. The predicted molar refractivity (Wildman–Crippen MR) is 79.2 cm³/mol. The molecule has 0 spiro atoms. The Kier molecular flexibility index (Phi) is 5.01. The van der Waals surface area contributed by atoms with E-state index in [9.17, 15) is 4.79 Å². The fourth-order valence-corrected chi connectivity index (χ4v) is 1.99. The number of benzene rings is 1. The summed E-state index contributed by atoms with van der Waals surface area (Å²) < 4.78 is 10.2. The van der Waals surface area contributed by atoms with Crippen molar-refractivity contribution >= 4 is 18.6 Å². The zero-order valence-electron chi connectivity index (χ0n) is 11.0. The minimum atomic E-state index is -0.362. The van der Waals surface area contributed by atoms with Crippen LogP contribution in [-0.2, 0) is 4.79 Å². The molecule has 2 aromatic rings. The van der Waals surface area contributed by atoms with Gasteiger partial charge in [0.25, 0.3) is 0 Å². The third-order valence-corrected chi connectivity index (χ3v) is 3.20. The standard InChI is InChI=1S/C15H15NO3S/c1-18-12-7-5-11(6-8-12)13(20)10-15(17)19-14-4-2-3-9-16-14/h2-9,13,20H,10H2,1H3. The Hall–Kier alpha value is -2.01. The zero-order chi connectivity index (χ0) is 14.4. The minimum absolute atomic E-state index is 0.173. The summed E-state index contributed by atoms with van der Waals surface area (Å²) in [6.07, 6.45) is 1.75. The minimum Gasteiger partial charge on any atom is -0.497 e. The first-order chi connectivity index (χ1) is 9.69. The number of thiol groups is 1. The van der Waals surface area contributed by atoms with E-state index in [4.69, 9.17) is 9.47 Å². The van der Waals surface area contributed by atoms with Gasteiger partial charge in [-0.2, -0.15) is 12.6 Å². The highest BCUT2D eigenvalue weighted by molar-refractivity contribution is 7.80. The summed E-state index contributed by atoms with van der Waals surface area (Å²) in [4.78, 5) is 15.7. The molecule has 1 aromatic carbocycles.